The van der Waals surface area contributed by atoms with Gasteiger partial charge >= 0.3 is 0 Å². The molecular weight excluding hydrogens is 248 g/mol. The number of pyridine rings is 1. The van der Waals surface area contributed by atoms with Gasteiger partial charge in [0.1, 0.15) is 0 Å². The number of aryl methyl sites for hydroxylation is 3. The molecule has 1 atom stereocenters. The molecule has 2 heterocycles. The molecule has 0 aliphatic rings. The Labute approximate surface area is 121 Å². The van der Waals surface area contributed by atoms with Gasteiger partial charge in [-0.25, -0.2) is 0 Å². The first-order valence-electron chi connectivity index (χ1n) is 7.33. The summed E-state index contributed by atoms with van der Waals surface area (Å²) >= 11 is 0. The van der Waals surface area contributed by atoms with Crippen molar-refractivity contribution in [3.05, 3.63) is 47.0 Å². The van der Waals surface area contributed by atoms with Gasteiger partial charge in [-0.05, 0) is 45.0 Å². The summed E-state index contributed by atoms with van der Waals surface area (Å²) in [7, 11) is 2.00. The number of rotatable bonds is 6. The van der Waals surface area contributed by atoms with Crippen molar-refractivity contribution in [2.24, 2.45) is 0 Å². The van der Waals surface area contributed by atoms with E-state index in [-0.39, 0.29) is 6.04 Å². The third kappa shape index (κ3) is 3.25. The summed E-state index contributed by atoms with van der Waals surface area (Å²) < 4.78 is 2.10. The maximum atomic E-state index is 4.62. The highest BCUT2D eigenvalue weighted by atomic mass is 15.3. The molecule has 4 nitrogen and oxygen atoms in total. The van der Waals surface area contributed by atoms with Gasteiger partial charge in [-0.3, -0.25) is 9.67 Å². The molecule has 0 aromatic carbocycles. The predicted octanol–water partition coefficient (Wildman–Crippen LogP) is 2.67. The second-order valence-electron chi connectivity index (χ2n) is 5.07. The van der Waals surface area contributed by atoms with Gasteiger partial charge in [0, 0.05) is 36.6 Å². The van der Waals surface area contributed by atoms with Crippen molar-refractivity contribution in [3.63, 3.8) is 0 Å². The average Bonchev–Trinajstić information content (AvgIpc) is 2.88. The first-order chi connectivity index (χ1) is 9.67. The lowest BCUT2D eigenvalue weighted by Gasteiger charge is -2.17. The lowest BCUT2D eigenvalue weighted by molar-refractivity contribution is 0.539. The molecule has 1 N–H and O–H groups in total. The Morgan fingerprint density at radius 2 is 2.10 bits per heavy atom. The first-order valence-corrected chi connectivity index (χ1v) is 7.33. The Bertz CT molecular complexity index is 542. The zero-order valence-corrected chi connectivity index (χ0v) is 12.8. The molecule has 0 aliphatic carbocycles. The second-order valence-corrected chi connectivity index (χ2v) is 5.07. The number of likely N-dealkylation sites (N-methyl/N-ethyl adjacent to an activating group) is 1. The summed E-state index contributed by atoms with van der Waals surface area (Å²) in [5, 5.41) is 8.00. The van der Waals surface area contributed by atoms with Crippen molar-refractivity contribution in [1.29, 1.82) is 0 Å². The largest absolute Gasteiger partial charge is 0.313 e. The van der Waals surface area contributed by atoms with Crippen LogP contribution in [0.1, 0.15) is 42.5 Å². The van der Waals surface area contributed by atoms with Crippen molar-refractivity contribution in [3.8, 4) is 0 Å². The van der Waals surface area contributed by atoms with Gasteiger partial charge < -0.3 is 5.32 Å². The molecule has 2 rings (SSSR count). The third-order valence-electron chi connectivity index (χ3n) is 3.67. The first kappa shape index (κ1) is 14.7. The zero-order valence-electron chi connectivity index (χ0n) is 12.8. The van der Waals surface area contributed by atoms with E-state index in [2.05, 4.69) is 52.1 Å². The van der Waals surface area contributed by atoms with Crippen molar-refractivity contribution in [2.75, 3.05) is 7.05 Å². The summed E-state index contributed by atoms with van der Waals surface area (Å²) in [6, 6.07) is 6.70. The molecule has 108 valence electrons. The quantitative estimate of drug-likeness (QED) is 0.879. The van der Waals surface area contributed by atoms with Gasteiger partial charge in [-0.1, -0.05) is 13.0 Å². The third-order valence-corrected chi connectivity index (χ3v) is 3.67. The fourth-order valence-electron chi connectivity index (χ4n) is 2.41. The van der Waals surface area contributed by atoms with Crippen LogP contribution in [-0.4, -0.2) is 21.8 Å². The molecule has 0 saturated heterocycles. The number of hydrogen-bond acceptors (Lipinski definition) is 3. The van der Waals surface area contributed by atoms with E-state index in [9.17, 15) is 0 Å². The SMILES string of the molecule is CCc1cc(CC(NC)c2ccc(C)nc2)n(CC)n1. The van der Waals surface area contributed by atoms with E-state index >= 15 is 0 Å². The summed E-state index contributed by atoms with van der Waals surface area (Å²) in [5.74, 6) is 0. The Hall–Kier alpha value is -1.68. The summed E-state index contributed by atoms with van der Waals surface area (Å²) in [6.07, 6.45) is 3.88. The van der Waals surface area contributed by atoms with Crippen LogP contribution in [0.15, 0.2) is 24.4 Å². The van der Waals surface area contributed by atoms with Gasteiger partial charge in [0.2, 0.25) is 0 Å². The van der Waals surface area contributed by atoms with Crippen molar-refractivity contribution >= 4 is 0 Å². The van der Waals surface area contributed by atoms with Crippen LogP contribution in [0.4, 0.5) is 0 Å². The van der Waals surface area contributed by atoms with Crippen LogP contribution in [-0.2, 0) is 19.4 Å². The minimum atomic E-state index is 0.273. The number of aromatic nitrogens is 3. The molecule has 2 aromatic heterocycles. The minimum Gasteiger partial charge on any atom is -0.313 e. The summed E-state index contributed by atoms with van der Waals surface area (Å²) in [6.45, 7) is 7.21. The van der Waals surface area contributed by atoms with Crippen LogP contribution in [0.2, 0.25) is 0 Å². The molecule has 1 unspecified atom stereocenters. The van der Waals surface area contributed by atoms with Gasteiger partial charge in [0.05, 0.1) is 5.69 Å². The highest BCUT2D eigenvalue weighted by Crippen LogP contribution is 2.18. The monoisotopic (exact) mass is 272 g/mol. The maximum absolute atomic E-state index is 4.62. The minimum absolute atomic E-state index is 0.273. The maximum Gasteiger partial charge on any atom is 0.0624 e. The summed E-state index contributed by atoms with van der Waals surface area (Å²) in [4.78, 5) is 4.39. The molecule has 2 aromatic rings. The van der Waals surface area contributed by atoms with E-state index < -0.39 is 0 Å². The van der Waals surface area contributed by atoms with E-state index in [1.165, 1.54) is 17.0 Å². The molecule has 0 fully saturated rings. The van der Waals surface area contributed by atoms with E-state index in [0.29, 0.717) is 0 Å². The smallest absolute Gasteiger partial charge is 0.0624 e. The number of nitrogens with zero attached hydrogens (tertiary/aromatic N) is 3. The van der Waals surface area contributed by atoms with Gasteiger partial charge in [0.15, 0.2) is 0 Å². The molecule has 0 saturated carbocycles. The van der Waals surface area contributed by atoms with Gasteiger partial charge in [-0.15, -0.1) is 0 Å². The number of nitrogens with one attached hydrogen (secondary N) is 1. The van der Waals surface area contributed by atoms with Crippen molar-refractivity contribution in [1.82, 2.24) is 20.1 Å². The Morgan fingerprint density at radius 1 is 1.30 bits per heavy atom. The zero-order chi connectivity index (χ0) is 14.5. The predicted molar refractivity (Wildman–Crippen MR) is 81.8 cm³/mol. The lowest BCUT2D eigenvalue weighted by Crippen LogP contribution is -2.20. The van der Waals surface area contributed by atoms with Crippen LogP contribution in [0, 0.1) is 6.92 Å². The Morgan fingerprint density at radius 3 is 2.65 bits per heavy atom. The number of hydrogen-bond donors (Lipinski definition) is 1. The van der Waals surface area contributed by atoms with Gasteiger partial charge in [-0.2, -0.15) is 5.10 Å². The van der Waals surface area contributed by atoms with Crippen LogP contribution < -0.4 is 5.32 Å². The van der Waals surface area contributed by atoms with Crippen LogP contribution in [0.5, 0.6) is 0 Å². The molecule has 0 spiro atoms. The molecule has 0 radical (unpaired) electrons. The molecule has 0 amide bonds. The van der Waals surface area contributed by atoms with E-state index in [1.807, 2.05) is 20.2 Å². The van der Waals surface area contributed by atoms with E-state index in [4.69, 9.17) is 0 Å². The highest BCUT2D eigenvalue weighted by molar-refractivity contribution is 5.21. The standard InChI is InChI=1S/C16H24N4/c1-5-14-9-15(20(6-2)19-14)10-16(17-4)13-8-7-12(3)18-11-13/h7-9,11,16-17H,5-6,10H2,1-4H3. The molecular formula is C16H24N4. The van der Waals surface area contributed by atoms with Crippen molar-refractivity contribution in [2.45, 2.75) is 46.2 Å². The molecule has 4 heteroatoms. The molecule has 0 bridgehead atoms. The normalized spacial score (nSPS) is 12.6. The van der Waals surface area contributed by atoms with Crippen molar-refractivity contribution < 1.29 is 0 Å². The van der Waals surface area contributed by atoms with Crippen LogP contribution in [0.25, 0.3) is 0 Å². The average molecular weight is 272 g/mol. The Kier molecular flexibility index (Phi) is 4.90. The van der Waals surface area contributed by atoms with Crippen LogP contribution >= 0.6 is 0 Å². The fraction of sp³-hybridized carbons (Fsp3) is 0.500. The van der Waals surface area contributed by atoms with E-state index in [1.54, 1.807) is 0 Å². The van der Waals surface area contributed by atoms with Gasteiger partial charge in [0.25, 0.3) is 0 Å². The summed E-state index contributed by atoms with van der Waals surface area (Å²) in [5.41, 5.74) is 4.72. The van der Waals surface area contributed by atoms with Crippen LogP contribution in [0.3, 0.4) is 0 Å². The molecule has 20 heavy (non-hydrogen) atoms. The lowest BCUT2D eigenvalue weighted by atomic mass is 10.0. The molecule has 0 aliphatic heterocycles. The Balaban J connectivity index is 2.21. The topological polar surface area (TPSA) is 42.7 Å². The highest BCUT2D eigenvalue weighted by Gasteiger charge is 2.14. The fourth-order valence-corrected chi connectivity index (χ4v) is 2.41. The van der Waals surface area contributed by atoms with E-state index in [0.717, 1.165) is 25.1 Å². The second kappa shape index (κ2) is 6.66.